The highest BCUT2D eigenvalue weighted by molar-refractivity contribution is 5.71. The van der Waals surface area contributed by atoms with Crippen molar-refractivity contribution in [3.05, 3.63) is 12.2 Å². The van der Waals surface area contributed by atoms with Gasteiger partial charge in [-0.3, -0.25) is 9.59 Å². The van der Waals surface area contributed by atoms with Crippen molar-refractivity contribution in [2.24, 2.45) is 0 Å². The van der Waals surface area contributed by atoms with Crippen molar-refractivity contribution < 1.29 is 42.9 Å². The van der Waals surface area contributed by atoms with Crippen molar-refractivity contribution in [2.45, 2.75) is 200 Å². The van der Waals surface area contributed by atoms with Crippen molar-refractivity contribution in [3.63, 3.8) is 0 Å². The number of carboxylic acids is 1. The Kier molecular flexibility index (Phi) is 34.7. The molecule has 2 atom stereocenters. The molecule has 0 aromatic rings. The van der Waals surface area contributed by atoms with Crippen LogP contribution in [0.15, 0.2) is 12.2 Å². The molecule has 52 heavy (non-hydrogen) atoms. The highest BCUT2D eigenvalue weighted by Gasteiger charge is 2.25. The number of aliphatic carboxylic acids is 1. The van der Waals surface area contributed by atoms with Gasteiger partial charge in [0.25, 0.3) is 6.29 Å². The van der Waals surface area contributed by atoms with E-state index in [-0.39, 0.29) is 32.2 Å². The lowest BCUT2D eigenvalue weighted by molar-refractivity contribution is -0.870. The number of unbranched alkanes of at least 4 members (excludes halogenated alkanes) is 22. The smallest absolute Gasteiger partial charge is 0.361 e. The number of rotatable bonds is 39. The zero-order valence-corrected chi connectivity index (χ0v) is 34.5. The van der Waals surface area contributed by atoms with Gasteiger partial charge in [0.15, 0.2) is 6.10 Å². The van der Waals surface area contributed by atoms with Gasteiger partial charge in [-0.15, -0.1) is 0 Å². The first-order valence-corrected chi connectivity index (χ1v) is 21.4. The molecule has 0 aliphatic heterocycles. The summed E-state index contributed by atoms with van der Waals surface area (Å²) in [6.07, 6.45) is 32.6. The summed E-state index contributed by atoms with van der Waals surface area (Å²) in [5.74, 6) is -2.01. The average molecular weight is 741 g/mol. The normalized spacial score (nSPS) is 13.0. The second kappa shape index (κ2) is 36.0. The molecule has 0 radical (unpaired) electrons. The van der Waals surface area contributed by atoms with Crippen LogP contribution in [0, 0.1) is 0 Å². The van der Waals surface area contributed by atoms with Gasteiger partial charge in [0.1, 0.15) is 13.2 Å². The lowest BCUT2D eigenvalue weighted by Gasteiger charge is -2.25. The van der Waals surface area contributed by atoms with Crippen LogP contribution in [0.1, 0.15) is 187 Å². The maximum absolute atomic E-state index is 12.7. The number of carbonyl (C=O) groups excluding carboxylic acids is 2. The highest BCUT2D eigenvalue weighted by atomic mass is 16.7. The van der Waals surface area contributed by atoms with Crippen LogP contribution < -0.4 is 0 Å². The summed E-state index contributed by atoms with van der Waals surface area (Å²) >= 11 is 0. The molecule has 0 bridgehead atoms. The van der Waals surface area contributed by atoms with Gasteiger partial charge < -0.3 is 28.5 Å². The summed E-state index contributed by atoms with van der Waals surface area (Å²) in [5, 5.41) is 9.60. The van der Waals surface area contributed by atoms with Crippen molar-refractivity contribution in [2.75, 3.05) is 47.5 Å². The Morgan fingerprint density at radius 3 is 1.46 bits per heavy atom. The molecule has 0 aromatic carbocycles. The molecule has 2 unspecified atom stereocenters. The first kappa shape index (κ1) is 50.0. The van der Waals surface area contributed by atoms with Crippen LogP contribution in [0.3, 0.4) is 0 Å². The predicted molar refractivity (Wildman–Crippen MR) is 212 cm³/mol. The van der Waals surface area contributed by atoms with Crippen molar-refractivity contribution in [1.82, 2.24) is 0 Å². The number of esters is 2. The number of likely N-dealkylation sites (N-methyl/N-ethyl adjacent to an activating group) is 1. The molecule has 9 heteroatoms. The fourth-order valence-electron chi connectivity index (χ4n) is 5.89. The molecule has 0 fully saturated rings. The minimum absolute atomic E-state index is 0.180. The topological polar surface area (TPSA) is 108 Å². The molecule has 1 N–H and O–H groups in total. The number of ether oxygens (including phenoxy) is 4. The molecule has 0 aromatic heterocycles. The van der Waals surface area contributed by atoms with Gasteiger partial charge in [0, 0.05) is 12.8 Å². The quantitative estimate of drug-likeness (QED) is 0.0218. The van der Waals surface area contributed by atoms with E-state index in [0.717, 1.165) is 51.4 Å². The van der Waals surface area contributed by atoms with E-state index in [1.165, 1.54) is 103 Å². The largest absolute Gasteiger partial charge is 0.477 e. The van der Waals surface area contributed by atoms with Gasteiger partial charge in [0.05, 0.1) is 34.4 Å². The third-order valence-electron chi connectivity index (χ3n) is 9.27. The lowest BCUT2D eigenvalue weighted by atomic mass is 10.0. The Balaban J connectivity index is 4.45. The summed E-state index contributed by atoms with van der Waals surface area (Å²) in [5.41, 5.74) is 0. The van der Waals surface area contributed by atoms with E-state index in [4.69, 9.17) is 18.9 Å². The first-order chi connectivity index (χ1) is 25.1. The van der Waals surface area contributed by atoms with Gasteiger partial charge in [-0.2, -0.15) is 0 Å². The van der Waals surface area contributed by atoms with Gasteiger partial charge in [-0.1, -0.05) is 148 Å². The van der Waals surface area contributed by atoms with E-state index >= 15 is 0 Å². The molecule has 0 spiro atoms. The maximum Gasteiger partial charge on any atom is 0.361 e. The average Bonchev–Trinajstić information content (AvgIpc) is 3.09. The number of hydrogen-bond acceptors (Lipinski definition) is 7. The van der Waals surface area contributed by atoms with E-state index in [0.29, 0.717) is 23.9 Å². The lowest BCUT2D eigenvalue weighted by Crippen LogP contribution is -2.40. The summed E-state index contributed by atoms with van der Waals surface area (Å²) in [4.78, 5) is 37.0. The zero-order valence-electron chi connectivity index (χ0n) is 34.5. The van der Waals surface area contributed by atoms with Gasteiger partial charge in [-0.05, 0) is 38.5 Å². The molecule has 0 aliphatic carbocycles. The Labute approximate surface area is 319 Å². The molecule has 306 valence electrons. The molecule has 9 nitrogen and oxygen atoms in total. The van der Waals surface area contributed by atoms with Crippen LogP contribution in [0.25, 0.3) is 0 Å². The number of quaternary nitrogens is 1. The van der Waals surface area contributed by atoms with E-state index in [9.17, 15) is 19.5 Å². The summed E-state index contributed by atoms with van der Waals surface area (Å²) < 4.78 is 22.7. The fourth-order valence-corrected chi connectivity index (χ4v) is 5.89. The molecule has 0 saturated carbocycles. The minimum atomic E-state index is -1.50. The van der Waals surface area contributed by atoms with Crippen LogP contribution in [0.2, 0.25) is 0 Å². The van der Waals surface area contributed by atoms with Crippen molar-refractivity contribution in [1.29, 1.82) is 0 Å². The second-order valence-electron chi connectivity index (χ2n) is 15.7. The van der Waals surface area contributed by atoms with Crippen LogP contribution in [0.4, 0.5) is 0 Å². The van der Waals surface area contributed by atoms with E-state index in [2.05, 4.69) is 26.0 Å². The molecular formula is C43H82NO8+. The Bertz CT molecular complexity index is 872. The van der Waals surface area contributed by atoms with Crippen LogP contribution in [-0.4, -0.2) is 87.4 Å². The Morgan fingerprint density at radius 1 is 0.558 bits per heavy atom. The summed E-state index contributed by atoms with van der Waals surface area (Å²) in [6.45, 7) is 4.84. The Hall–Kier alpha value is -1.97. The summed E-state index contributed by atoms with van der Waals surface area (Å²) in [6, 6.07) is 0. The number of carbonyl (C=O) groups is 3. The Morgan fingerprint density at radius 2 is 0.981 bits per heavy atom. The van der Waals surface area contributed by atoms with E-state index < -0.39 is 24.3 Å². The molecule has 0 heterocycles. The molecular weight excluding hydrogens is 658 g/mol. The van der Waals surface area contributed by atoms with Crippen molar-refractivity contribution >= 4 is 17.9 Å². The number of allylic oxidation sites excluding steroid dienone is 2. The van der Waals surface area contributed by atoms with Crippen LogP contribution in [0.5, 0.6) is 0 Å². The van der Waals surface area contributed by atoms with Gasteiger partial charge >= 0.3 is 17.9 Å². The molecule has 0 saturated heterocycles. The predicted octanol–water partition coefficient (Wildman–Crippen LogP) is 10.7. The van der Waals surface area contributed by atoms with Crippen LogP contribution >= 0.6 is 0 Å². The van der Waals surface area contributed by atoms with Crippen LogP contribution in [-0.2, 0) is 33.3 Å². The monoisotopic (exact) mass is 741 g/mol. The third-order valence-corrected chi connectivity index (χ3v) is 9.27. The standard InChI is InChI=1S/C43H81NO8/c1-6-8-10-12-14-16-18-20-21-22-24-25-27-29-31-33-40(45)50-37-39(38-51-43(42(47)48)49-36-35-44(3,4)5)52-41(46)34-32-30-28-26-23-19-17-15-13-11-9-7-2/h15,17,39,43H,6-14,16,18-38H2,1-5H3/p+1/b17-15-. The van der Waals surface area contributed by atoms with Gasteiger partial charge in [0.2, 0.25) is 0 Å². The zero-order chi connectivity index (χ0) is 38.5. The van der Waals surface area contributed by atoms with E-state index in [1.807, 2.05) is 21.1 Å². The SMILES string of the molecule is CCCCC/C=C\CCCCCCCC(=O)OC(COC(=O)CCCCCCCCCCCCCCCCC)COC(OCC[N+](C)(C)C)C(=O)O. The molecule has 0 aliphatic rings. The minimum Gasteiger partial charge on any atom is -0.477 e. The first-order valence-electron chi connectivity index (χ1n) is 21.4. The highest BCUT2D eigenvalue weighted by Crippen LogP contribution is 2.15. The number of nitrogens with zero attached hydrogens (tertiary/aromatic N) is 1. The maximum atomic E-state index is 12.7. The molecule has 0 amide bonds. The molecule has 0 rings (SSSR count). The second-order valence-corrected chi connectivity index (χ2v) is 15.7. The fraction of sp³-hybridized carbons (Fsp3) is 0.884. The van der Waals surface area contributed by atoms with Gasteiger partial charge in [-0.25, -0.2) is 4.79 Å². The van der Waals surface area contributed by atoms with E-state index in [1.54, 1.807) is 0 Å². The third kappa shape index (κ3) is 36.4. The summed E-state index contributed by atoms with van der Waals surface area (Å²) in [7, 11) is 5.95. The van der Waals surface area contributed by atoms with Crippen molar-refractivity contribution in [3.8, 4) is 0 Å². The number of hydrogen-bond donors (Lipinski definition) is 1. The number of carboxylic acid groups (broad SMARTS) is 1.